The summed E-state index contributed by atoms with van der Waals surface area (Å²) in [4.78, 5) is 6.32. The Morgan fingerprint density at radius 1 is 1.50 bits per heavy atom. The molecule has 4 heteroatoms. The van der Waals surface area contributed by atoms with Crippen molar-refractivity contribution in [2.45, 2.75) is 38.6 Å². The molecule has 2 nitrogen and oxygen atoms in total. The van der Waals surface area contributed by atoms with Crippen LogP contribution in [0.15, 0.2) is 16.8 Å². The SMILES string of the molecule is CCCNC1CCCc2nc(-c3ccsc3)sc21. The van der Waals surface area contributed by atoms with E-state index in [0.717, 1.165) is 13.0 Å². The number of nitrogens with zero attached hydrogens (tertiary/aromatic N) is 1. The van der Waals surface area contributed by atoms with Gasteiger partial charge in [-0.3, -0.25) is 0 Å². The van der Waals surface area contributed by atoms with Crippen molar-refractivity contribution in [1.82, 2.24) is 10.3 Å². The van der Waals surface area contributed by atoms with Crippen molar-refractivity contribution in [1.29, 1.82) is 0 Å². The average molecular weight is 278 g/mol. The summed E-state index contributed by atoms with van der Waals surface area (Å²) >= 11 is 3.63. The number of aromatic nitrogens is 1. The second-order valence-corrected chi connectivity index (χ2v) is 6.55. The van der Waals surface area contributed by atoms with Gasteiger partial charge in [-0.1, -0.05) is 6.92 Å². The normalized spacial score (nSPS) is 18.8. The molecule has 2 aromatic rings. The number of fused-ring (bicyclic) bond motifs is 1. The lowest BCUT2D eigenvalue weighted by Crippen LogP contribution is -2.24. The molecule has 0 bridgehead atoms. The van der Waals surface area contributed by atoms with Crippen molar-refractivity contribution < 1.29 is 0 Å². The number of hydrogen-bond donors (Lipinski definition) is 1. The van der Waals surface area contributed by atoms with E-state index in [1.165, 1.54) is 40.4 Å². The molecule has 18 heavy (non-hydrogen) atoms. The molecule has 0 amide bonds. The quantitative estimate of drug-likeness (QED) is 0.904. The summed E-state index contributed by atoms with van der Waals surface area (Å²) in [6.45, 7) is 3.33. The van der Waals surface area contributed by atoms with Crippen LogP contribution in [0.5, 0.6) is 0 Å². The summed E-state index contributed by atoms with van der Waals surface area (Å²) in [5.74, 6) is 0. The summed E-state index contributed by atoms with van der Waals surface area (Å²) in [6.07, 6.45) is 4.88. The molecule has 2 aromatic heterocycles. The van der Waals surface area contributed by atoms with Gasteiger partial charge in [0.2, 0.25) is 0 Å². The van der Waals surface area contributed by atoms with Gasteiger partial charge in [-0.15, -0.1) is 11.3 Å². The van der Waals surface area contributed by atoms with Crippen LogP contribution in [0.1, 0.15) is 42.8 Å². The second-order valence-electron chi connectivity index (χ2n) is 4.74. The van der Waals surface area contributed by atoms with Crippen molar-refractivity contribution in [2.24, 2.45) is 0 Å². The zero-order chi connectivity index (χ0) is 12.4. The van der Waals surface area contributed by atoms with Gasteiger partial charge in [0.15, 0.2) is 0 Å². The lowest BCUT2D eigenvalue weighted by molar-refractivity contribution is 0.465. The van der Waals surface area contributed by atoms with Gasteiger partial charge in [0.1, 0.15) is 5.01 Å². The van der Waals surface area contributed by atoms with Crippen LogP contribution < -0.4 is 5.32 Å². The molecule has 1 unspecified atom stereocenters. The molecule has 1 aliphatic rings. The fraction of sp³-hybridized carbons (Fsp3) is 0.500. The van der Waals surface area contributed by atoms with Crippen molar-refractivity contribution in [3.05, 3.63) is 27.4 Å². The van der Waals surface area contributed by atoms with E-state index >= 15 is 0 Å². The Morgan fingerprint density at radius 3 is 3.22 bits per heavy atom. The van der Waals surface area contributed by atoms with Crippen LogP contribution in [0.25, 0.3) is 10.6 Å². The largest absolute Gasteiger partial charge is 0.309 e. The molecule has 3 rings (SSSR count). The highest BCUT2D eigenvalue weighted by atomic mass is 32.1. The number of nitrogens with one attached hydrogen (secondary N) is 1. The monoisotopic (exact) mass is 278 g/mol. The summed E-state index contributed by atoms with van der Waals surface area (Å²) in [6, 6.07) is 2.71. The minimum Gasteiger partial charge on any atom is -0.309 e. The van der Waals surface area contributed by atoms with Crippen LogP contribution in [-0.4, -0.2) is 11.5 Å². The average Bonchev–Trinajstić information content (AvgIpc) is 3.03. The molecule has 0 aliphatic heterocycles. The maximum absolute atomic E-state index is 4.84. The van der Waals surface area contributed by atoms with Crippen molar-refractivity contribution in [3.63, 3.8) is 0 Å². The van der Waals surface area contributed by atoms with E-state index in [4.69, 9.17) is 4.98 Å². The number of thiazole rings is 1. The molecule has 1 atom stereocenters. The summed E-state index contributed by atoms with van der Waals surface area (Å²) in [5, 5.41) is 9.18. The van der Waals surface area contributed by atoms with Crippen LogP contribution in [0.3, 0.4) is 0 Å². The third-order valence-corrected chi connectivity index (χ3v) is 5.30. The lowest BCUT2D eigenvalue weighted by atomic mass is 9.98. The van der Waals surface area contributed by atoms with E-state index < -0.39 is 0 Å². The predicted octanol–water partition coefficient (Wildman–Crippen LogP) is 4.25. The Balaban J connectivity index is 1.88. The van der Waals surface area contributed by atoms with Gasteiger partial charge in [-0.25, -0.2) is 4.98 Å². The minimum atomic E-state index is 0.540. The smallest absolute Gasteiger partial charge is 0.124 e. The summed E-state index contributed by atoms with van der Waals surface area (Å²) < 4.78 is 0. The van der Waals surface area contributed by atoms with Crippen molar-refractivity contribution >= 4 is 22.7 Å². The van der Waals surface area contributed by atoms with Gasteiger partial charge in [0.25, 0.3) is 0 Å². The molecule has 0 radical (unpaired) electrons. The fourth-order valence-electron chi connectivity index (χ4n) is 2.44. The van der Waals surface area contributed by atoms with Crippen LogP contribution in [0.2, 0.25) is 0 Å². The van der Waals surface area contributed by atoms with Gasteiger partial charge in [0.05, 0.1) is 5.69 Å². The highest BCUT2D eigenvalue weighted by Gasteiger charge is 2.24. The molecule has 2 heterocycles. The molecule has 0 aromatic carbocycles. The highest BCUT2D eigenvalue weighted by Crippen LogP contribution is 2.38. The zero-order valence-electron chi connectivity index (χ0n) is 10.6. The third kappa shape index (κ3) is 2.37. The van der Waals surface area contributed by atoms with Crippen LogP contribution in [0.4, 0.5) is 0 Å². The standard InChI is InChI=1S/C14H18N2S2/c1-2-7-15-11-4-3-5-12-13(11)18-14(16-12)10-6-8-17-9-10/h6,8-9,11,15H,2-5,7H2,1H3. The Bertz CT molecular complexity index is 502. The molecule has 0 saturated heterocycles. The van der Waals surface area contributed by atoms with Gasteiger partial charge >= 0.3 is 0 Å². The van der Waals surface area contributed by atoms with E-state index in [9.17, 15) is 0 Å². The number of rotatable bonds is 4. The summed E-state index contributed by atoms with van der Waals surface area (Å²) in [7, 11) is 0. The van der Waals surface area contributed by atoms with E-state index in [1.807, 2.05) is 11.3 Å². The first-order valence-corrected chi connectivity index (χ1v) is 8.40. The van der Waals surface area contributed by atoms with Crippen LogP contribution in [-0.2, 0) is 6.42 Å². The number of hydrogen-bond acceptors (Lipinski definition) is 4. The Kier molecular flexibility index (Phi) is 3.77. The molecule has 1 N–H and O–H groups in total. The zero-order valence-corrected chi connectivity index (χ0v) is 12.2. The van der Waals surface area contributed by atoms with Crippen molar-refractivity contribution in [3.8, 4) is 10.6 Å². The first-order valence-electron chi connectivity index (χ1n) is 6.64. The molecule has 0 spiro atoms. The molecule has 0 fully saturated rings. The lowest BCUT2D eigenvalue weighted by Gasteiger charge is -2.22. The molecule has 1 aliphatic carbocycles. The van der Waals surface area contributed by atoms with Gasteiger partial charge in [0, 0.05) is 21.9 Å². The second kappa shape index (κ2) is 5.51. The number of aryl methyl sites for hydroxylation is 1. The highest BCUT2D eigenvalue weighted by molar-refractivity contribution is 7.15. The van der Waals surface area contributed by atoms with E-state index in [1.54, 1.807) is 11.3 Å². The first kappa shape index (κ1) is 12.3. The van der Waals surface area contributed by atoms with Crippen LogP contribution >= 0.6 is 22.7 Å². The Morgan fingerprint density at radius 2 is 2.44 bits per heavy atom. The topological polar surface area (TPSA) is 24.9 Å². The van der Waals surface area contributed by atoms with Gasteiger partial charge < -0.3 is 5.32 Å². The molecular formula is C14H18N2S2. The maximum Gasteiger partial charge on any atom is 0.124 e. The number of thiophene rings is 1. The van der Waals surface area contributed by atoms with Gasteiger partial charge in [-0.2, -0.15) is 11.3 Å². The molecular weight excluding hydrogens is 260 g/mol. The van der Waals surface area contributed by atoms with Gasteiger partial charge in [-0.05, 0) is 43.7 Å². The van der Waals surface area contributed by atoms with E-state index in [0.29, 0.717) is 6.04 Å². The van der Waals surface area contributed by atoms with E-state index in [-0.39, 0.29) is 0 Å². The van der Waals surface area contributed by atoms with Crippen LogP contribution in [0, 0.1) is 0 Å². The maximum atomic E-state index is 4.84. The first-order chi connectivity index (χ1) is 8.88. The van der Waals surface area contributed by atoms with E-state index in [2.05, 4.69) is 29.1 Å². The molecule has 0 saturated carbocycles. The third-order valence-electron chi connectivity index (χ3n) is 3.36. The Labute approximate surface area is 116 Å². The molecule has 96 valence electrons. The Hall–Kier alpha value is -0.710. The van der Waals surface area contributed by atoms with Crippen molar-refractivity contribution in [2.75, 3.05) is 6.54 Å². The minimum absolute atomic E-state index is 0.540. The summed E-state index contributed by atoms with van der Waals surface area (Å²) in [5.41, 5.74) is 2.62. The predicted molar refractivity (Wildman–Crippen MR) is 79.4 cm³/mol. The fourth-order valence-corrected chi connectivity index (χ4v) is 4.38.